The molecule has 3 aliphatic heterocycles. The summed E-state index contributed by atoms with van der Waals surface area (Å²) in [6, 6.07) is 16.4. The smallest absolute Gasteiger partial charge is 0.178 e. The highest BCUT2D eigenvalue weighted by Gasteiger charge is 2.73. The molecule has 1 spiro atoms. The normalized spacial score (nSPS) is 38.4. The molecule has 0 saturated carbocycles. The van der Waals surface area contributed by atoms with E-state index in [2.05, 4.69) is 54.9 Å². The fourth-order valence-electron chi connectivity index (χ4n) is 5.54. The minimum atomic E-state index is -1.14. The van der Waals surface area contributed by atoms with Gasteiger partial charge in [-0.05, 0) is 32.9 Å². The number of benzene rings is 2. The van der Waals surface area contributed by atoms with Crippen molar-refractivity contribution < 1.29 is 9.84 Å². The van der Waals surface area contributed by atoms with Crippen LogP contribution in [0.25, 0.3) is 0 Å². The second-order valence-electron chi connectivity index (χ2n) is 8.59. The summed E-state index contributed by atoms with van der Waals surface area (Å²) >= 11 is 0. The van der Waals surface area contributed by atoms with Gasteiger partial charge >= 0.3 is 0 Å². The molecule has 0 radical (unpaired) electrons. The lowest BCUT2D eigenvalue weighted by Gasteiger charge is -2.44. The Morgan fingerprint density at radius 2 is 1.78 bits per heavy atom. The lowest BCUT2D eigenvalue weighted by molar-refractivity contribution is -0.194. The third-order valence-corrected chi connectivity index (χ3v) is 7.10. The molecule has 5 rings (SSSR count). The van der Waals surface area contributed by atoms with Crippen LogP contribution < -0.4 is 10.2 Å². The van der Waals surface area contributed by atoms with Gasteiger partial charge in [-0.1, -0.05) is 42.5 Å². The zero-order valence-electron chi connectivity index (χ0n) is 16.1. The van der Waals surface area contributed by atoms with E-state index >= 15 is 0 Å². The van der Waals surface area contributed by atoms with Crippen LogP contribution in [0.3, 0.4) is 0 Å². The fraction of sp³-hybridized carbons (Fsp3) is 0.391. The predicted octanol–water partition coefficient (Wildman–Crippen LogP) is 4.12. The number of ether oxygens (including phenoxy) is 1. The van der Waals surface area contributed by atoms with Crippen LogP contribution in [0.1, 0.15) is 38.3 Å². The van der Waals surface area contributed by atoms with Crippen molar-refractivity contribution in [3.8, 4) is 0 Å². The van der Waals surface area contributed by atoms with Crippen LogP contribution in [-0.4, -0.2) is 22.9 Å². The van der Waals surface area contributed by atoms with E-state index in [1.165, 1.54) is 0 Å². The van der Waals surface area contributed by atoms with E-state index < -0.39 is 16.9 Å². The van der Waals surface area contributed by atoms with E-state index in [0.717, 1.165) is 22.5 Å². The number of rotatable bonds is 2. The standard InChI is InChI=1S/C23H26N2O2/c1-5-14-25-19-13-9-7-11-17(19)21(3,26)23(25)15-20(2)22(4,27-23)16-10-6-8-12-18(16)24-20/h5-13,24,26H,1,14-15H2,2-4H3/t20-,21-,22-,23+/m0/s1. The summed E-state index contributed by atoms with van der Waals surface area (Å²) in [6.07, 6.45) is 2.53. The van der Waals surface area contributed by atoms with E-state index in [4.69, 9.17) is 4.74 Å². The number of hydrogen-bond donors (Lipinski definition) is 2. The van der Waals surface area contributed by atoms with Crippen LogP contribution in [0.5, 0.6) is 0 Å². The Bertz CT molecular complexity index is 955. The van der Waals surface area contributed by atoms with Gasteiger partial charge in [0.2, 0.25) is 0 Å². The van der Waals surface area contributed by atoms with Crippen molar-refractivity contribution in [2.45, 2.75) is 49.7 Å². The highest BCUT2D eigenvalue weighted by molar-refractivity contribution is 5.69. The van der Waals surface area contributed by atoms with Gasteiger partial charge in [0, 0.05) is 35.5 Å². The fourth-order valence-corrected chi connectivity index (χ4v) is 5.54. The van der Waals surface area contributed by atoms with Crippen molar-refractivity contribution in [2.75, 3.05) is 16.8 Å². The van der Waals surface area contributed by atoms with Crippen molar-refractivity contribution >= 4 is 11.4 Å². The molecule has 0 bridgehead atoms. The summed E-state index contributed by atoms with van der Waals surface area (Å²) in [5.74, 6) is 0. The quantitative estimate of drug-likeness (QED) is 0.789. The Morgan fingerprint density at radius 3 is 2.52 bits per heavy atom. The first-order valence-corrected chi connectivity index (χ1v) is 9.57. The molecule has 0 unspecified atom stereocenters. The molecule has 0 aromatic heterocycles. The average Bonchev–Trinajstić information content (AvgIpc) is 3.07. The highest BCUT2D eigenvalue weighted by Crippen LogP contribution is 2.66. The molecule has 3 aliphatic rings. The SMILES string of the molecule is C=CCN1c2ccccc2[C@](C)(O)[C@]12C[C@]1(C)Nc3ccccc3[C@]1(C)O2. The molecule has 0 amide bonds. The minimum absolute atomic E-state index is 0.331. The molecule has 0 aliphatic carbocycles. The molecule has 2 aromatic rings. The second-order valence-corrected chi connectivity index (χ2v) is 8.59. The summed E-state index contributed by atoms with van der Waals surface area (Å²) in [6.45, 7) is 10.8. The van der Waals surface area contributed by atoms with Gasteiger partial charge in [0.05, 0.1) is 5.54 Å². The Morgan fingerprint density at radius 1 is 1.11 bits per heavy atom. The predicted molar refractivity (Wildman–Crippen MR) is 108 cm³/mol. The maximum Gasteiger partial charge on any atom is 0.178 e. The van der Waals surface area contributed by atoms with Crippen molar-refractivity contribution in [3.63, 3.8) is 0 Å². The molecule has 4 nitrogen and oxygen atoms in total. The molecular weight excluding hydrogens is 336 g/mol. The highest BCUT2D eigenvalue weighted by atomic mass is 16.6. The summed E-state index contributed by atoms with van der Waals surface area (Å²) < 4.78 is 6.98. The first kappa shape index (κ1) is 16.8. The van der Waals surface area contributed by atoms with Crippen LogP contribution in [0, 0.1) is 0 Å². The lowest BCUT2D eigenvalue weighted by atomic mass is 9.77. The van der Waals surface area contributed by atoms with Crippen LogP contribution >= 0.6 is 0 Å². The number of anilines is 2. The van der Waals surface area contributed by atoms with Gasteiger partial charge in [-0.15, -0.1) is 6.58 Å². The first-order valence-electron chi connectivity index (χ1n) is 9.57. The van der Waals surface area contributed by atoms with Crippen LogP contribution in [0.15, 0.2) is 61.2 Å². The Hall–Kier alpha value is -2.30. The third kappa shape index (κ3) is 1.76. The zero-order chi connectivity index (χ0) is 19.1. The van der Waals surface area contributed by atoms with Gasteiger partial charge in [-0.25, -0.2) is 0 Å². The van der Waals surface area contributed by atoms with Crippen LogP contribution in [-0.2, 0) is 15.9 Å². The van der Waals surface area contributed by atoms with Gasteiger partial charge in [-0.2, -0.15) is 0 Å². The number of hydrogen-bond acceptors (Lipinski definition) is 4. The van der Waals surface area contributed by atoms with Gasteiger partial charge in [-0.3, -0.25) is 0 Å². The Kier molecular flexibility index (Phi) is 3.08. The number of nitrogens with one attached hydrogen (secondary N) is 1. The monoisotopic (exact) mass is 362 g/mol. The number of aliphatic hydroxyl groups is 1. The maximum absolute atomic E-state index is 11.8. The molecule has 4 heteroatoms. The minimum Gasteiger partial charge on any atom is -0.380 e. The van der Waals surface area contributed by atoms with Crippen LogP contribution in [0.2, 0.25) is 0 Å². The molecule has 1 saturated heterocycles. The van der Waals surface area contributed by atoms with E-state index in [1.54, 1.807) is 0 Å². The second kappa shape index (κ2) is 4.94. The average molecular weight is 362 g/mol. The third-order valence-electron chi connectivity index (χ3n) is 7.10. The molecule has 140 valence electrons. The topological polar surface area (TPSA) is 44.7 Å². The Labute approximate surface area is 160 Å². The van der Waals surface area contributed by atoms with E-state index in [1.807, 2.05) is 37.3 Å². The van der Waals surface area contributed by atoms with Crippen molar-refractivity contribution in [3.05, 3.63) is 72.3 Å². The molecule has 3 heterocycles. The molecular formula is C23H26N2O2. The maximum atomic E-state index is 11.8. The molecule has 4 atom stereocenters. The number of fused-ring (bicyclic) bond motifs is 4. The molecule has 27 heavy (non-hydrogen) atoms. The van der Waals surface area contributed by atoms with Gasteiger partial charge in [0.15, 0.2) is 5.72 Å². The van der Waals surface area contributed by atoms with E-state index in [-0.39, 0.29) is 5.54 Å². The molecule has 2 aromatic carbocycles. The summed E-state index contributed by atoms with van der Waals surface area (Å²) in [4.78, 5) is 2.19. The number of nitrogens with zero attached hydrogens (tertiary/aromatic N) is 1. The summed E-state index contributed by atoms with van der Waals surface area (Å²) in [5.41, 5.74) is 1.30. The van der Waals surface area contributed by atoms with Gasteiger partial charge in [0.1, 0.15) is 11.2 Å². The summed E-state index contributed by atoms with van der Waals surface area (Å²) in [7, 11) is 0. The van der Waals surface area contributed by atoms with E-state index in [9.17, 15) is 5.11 Å². The van der Waals surface area contributed by atoms with Gasteiger partial charge < -0.3 is 20.1 Å². The number of para-hydroxylation sites is 2. The largest absolute Gasteiger partial charge is 0.380 e. The van der Waals surface area contributed by atoms with Gasteiger partial charge in [0.25, 0.3) is 0 Å². The van der Waals surface area contributed by atoms with Crippen molar-refractivity contribution in [2.24, 2.45) is 0 Å². The molecule has 2 N–H and O–H groups in total. The first-order chi connectivity index (χ1) is 12.8. The van der Waals surface area contributed by atoms with E-state index in [0.29, 0.717) is 13.0 Å². The molecule has 1 fully saturated rings. The van der Waals surface area contributed by atoms with Crippen LogP contribution in [0.4, 0.5) is 11.4 Å². The summed E-state index contributed by atoms with van der Waals surface area (Å²) in [5, 5.41) is 15.5. The van der Waals surface area contributed by atoms with Crippen molar-refractivity contribution in [1.82, 2.24) is 0 Å². The Balaban J connectivity index is 1.72. The van der Waals surface area contributed by atoms with Crippen molar-refractivity contribution in [1.29, 1.82) is 0 Å². The zero-order valence-corrected chi connectivity index (χ0v) is 16.1. The lowest BCUT2D eigenvalue weighted by Crippen LogP contribution is -2.58.